The van der Waals surface area contributed by atoms with Crippen molar-refractivity contribution in [3.8, 4) is 16.9 Å². The molecule has 3 aromatic carbocycles. The summed E-state index contributed by atoms with van der Waals surface area (Å²) in [6.45, 7) is 2.36. The minimum atomic E-state index is -2.52. The number of nitrogens with zero attached hydrogens (tertiary/aromatic N) is 1. The summed E-state index contributed by atoms with van der Waals surface area (Å²) in [6.07, 6.45) is 5.56. The smallest absolute Gasteiger partial charge is 0.290 e. The zero-order valence-corrected chi connectivity index (χ0v) is 21.4. The second-order valence-electron chi connectivity index (χ2n) is 9.14. The molecular weight excluding hydrogens is 489 g/mol. The Morgan fingerprint density at radius 1 is 0.974 bits per heavy atom. The number of aliphatic hydroxyl groups is 2. The summed E-state index contributed by atoms with van der Waals surface area (Å²) in [5.41, 5.74) is 2.15. The topological polar surface area (TPSA) is 107 Å². The monoisotopic (exact) mass is 523 g/mol. The summed E-state index contributed by atoms with van der Waals surface area (Å²) in [5, 5.41) is 29.5. The number of ether oxygens (including phenoxy) is 1. The van der Waals surface area contributed by atoms with Crippen molar-refractivity contribution in [2.24, 2.45) is 0 Å². The molecule has 1 aliphatic rings. The van der Waals surface area contributed by atoms with E-state index in [1.165, 1.54) is 12.1 Å². The molecule has 0 bridgehead atoms. The van der Waals surface area contributed by atoms with E-state index in [9.17, 15) is 19.4 Å². The van der Waals surface area contributed by atoms with Gasteiger partial charge in [0.2, 0.25) is 0 Å². The van der Waals surface area contributed by atoms with E-state index in [1.54, 1.807) is 60.7 Å². The van der Waals surface area contributed by atoms with E-state index in [0.717, 1.165) is 41.7 Å². The first-order chi connectivity index (χ1) is 18.3. The van der Waals surface area contributed by atoms with Crippen LogP contribution >= 0.6 is 0 Å². The molecule has 1 saturated carbocycles. The predicted molar refractivity (Wildman–Crippen MR) is 142 cm³/mol. The zero-order valence-electron chi connectivity index (χ0n) is 21.4. The zero-order chi connectivity index (χ0) is 27.5. The third-order valence-corrected chi connectivity index (χ3v) is 6.28. The highest BCUT2D eigenvalue weighted by Gasteiger charge is 2.48. The number of carboxylic acid groups (broad SMARTS) is 1. The molecule has 3 aromatic rings. The first-order valence-corrected chi connectivity index (χ1v) is 12.8. The number of hydrogen-bond acceptors (Lipinski definition) is 5. The number of rotatable bonds is 11. The summed E-state index contributed by atoms with van der Waals surface area (Å²) in [5.74, 6) is -2.94. The van der Waals surface area contributed by atoms with Crippen LogP contribution in [0.25, 0.3) is 11.1 Å². The summed E-state index contributed by atoms with van der Waals surface area (Å²) in [4.78, 5) is 23.0. The van der Waals surface area contributed by atoms with Gasteiger partial charge in [-0.3, -0.25) is 14.5 Å². The maximum absolute atomic E-state index is 13.5. The molecule has 0 aromatic heterocycles. The lowest BCUT2D eigenvalue weighted by Gasteiger charge is -2.36. The van der Waals surface area contributed by atoms with E-state index in [2.05, 4.69) is 6.92 Å². The van der Waals surface area contributed by atoms with Crippen molar-refractivity contribution in [2.45, 2.75) is 57.4 Å². The van der Waals surface area contributed by atoms with E-state index in [4.69, 9.17) is 14.6 Å². The Labute approximate surface area is 222 Å². The lowest BCUT2D eigenvalue weighted by Crippen LogP contribution is -2.51. The van der Waals surface area contributed by atoms with Crippen molar-refractivity contribution >= 4 is 12.4 Å². The standard InChI is InChI=1S/C29H32FNO4.CH2O2/c1-2-3-4-7-20-35-27-9-6-5-8-26(27)29(33,34)31(25-18-19-25)28(32)23-12-10-21(11-13-23)22-14-16-24(30)17-15-22;2-1-3/h5-6,8-17,25,33-34H,2-4,7,18-20H2,1H3;1H,(H,2,3). The van der Waals surface area contributed by atoms with Crippen molar-refractivity contribution < 1.29 is 34.0 Å². The number of para-hydroxylation sites is 1. The molecule has 0 unspecified atom stereocenters. The van der Waals surface area contributed by atoms with Crippen LogP contribution in [0, 0.1) is 5.82 Å². The summed E-state index contributed by atoms with van der Waals surface area (Å²) in [7, 11) is 0. The number of benzene rings is 3. The second-order valence-corrected chi connectivity index (χ2v) is 9.14. The van der Waals surface area contributed by atoms with Gasteiger partial charge < -0.3 is 20.1 Å². The van der Waals surface area contributed by atoms with Crippen molar-refractivity contribution in [3.63, 3.8) is 0 Å². The van der Waals surface area contributed by atoms with Crippen LogP contribution in [0.2, 0.25) is 0 Å². The minimum Gasteiger partial charge on any atom is -0.493 e. The van der Waals surface area contributed by atoms with Gasteiger partial charge in [-0.05, 0) is 66.8 Å². The molecule has 3 N–H and O–H groups in total. The van der Waals surface area contributed by atoms with Crippen LogP contribution in [0.1, 0.15) is 61.4 Å². The fourth-order valence-corrected chi connectivity index (χ4v) is 4.19. The van der Waals surface area contributed by atoms with Crippen LogP contribution in [0.5, 0.6) is 5.75 Å². The van der Waals surface area contributed by atoms with Gasteiger partial charge in [0.25, 0.3) is 18.3 Å². The molecule has 0 atom stereocenters. The SMILES string of the molecule is CCCCCCOc1ccccc1C(O)(O)N(C(=O)c1ccc(-c2ccc(F)cc2)cc1)C1CC1.O=CO. The van der Waals surface area contributed by atoms with Gasteiger partial charge in [0.15, 0.2) is 0 Å². The van der Waals surface area contributed by atoms with E-state index >= 15 is 0 Å². The Bertz CT molecular complexity index is 1180. The maximum Gasteiger partial charge on any atom is 0.290 e. The van der Waals surface area contributed by atoms with Gasteiger partial charge in [-0.25, -0.2) is 4.39 Å². The van der Waals surface area contributed by atoms with Gasteiger partial charge in [-0.1, -0.05) is 62.6 Å². The molecule has 0 radical (unpaired) electrons. The Kier molecular flexibility index (Phi) is 10.4. The minimum absolute atomic E-state index is 0.152. The number of unbranched alkanes of at least 4 members (excludes halogenated alkanes) is 3. The number of halogens is 1. The van der Waals surface area contributed by atoms with Crippen LogP contribution in [-0.2, 0) is 10.7 Å². The number of carbonyl (C=O) groups excluding carboxylic acids is 1. The molecule has 0 aliphatic heterocycles. The average molecular weight is 524 g/mol. The highest BCUT2D eigenvalue weighted by molar-refractivity contribution is 5.95. The largest absolute Gasteiger partial charge is 0.493 e. The highest BCUT2D eigenvalue weighted by Crippen LogP contribution is 2.40. The van der Waals surface area contributed by atoms with Gasteiger partial charge in [0.1, 0.15) is 11.6 Å². The summed E-state index contributed by atoms with van der Waals surface area (Å²) < 4.78 is 19.1. The molecule has 1 amide bonds. The van der Waals surface area contributed by atoms with Gasteiger partial charge in [-0.2, -0.15) is 0 Å². The van der Waals surface area contributed by atoms with E-state index in [0.29, 0.717) is 30.8 Å². The molecule has 4 rings (SSSR count). The number of carbonyl (C=O) groups is 2. The Morgan fingerprint density at radius 3 is 2.13 bits per heavy atom. The van der Waals surface area contributed by atoms with Gasteiger partial charge in [0, 0.05) is 11.6 Å². The van der Waals surface area contributed by atoms with Crippen LogP contribution in [-0.4, -0.2) is 45.2 Å². The maximum atomic E-state index is 13.5. The predicted octanol–water partition coefficient (Wildman–Crippen LogP) is 5.55. The Morgan fingerprint density at radius 2 is 1.55 bits per heavy atom. The molecular formula is C30H34FNO6. The fourth-order valence-electron chi connectivity index (χ4n) is 4.19. The quantitative estimate of drug-likeness (QED) is 0.173. The van der Waals surface area contributed by atoms with Crippen molar-refractivity contribution in [1.29, 1.82) is 0 Å². The van der Waals surface area contributed by atoms with Gasteiger partial charge >= 0.3 is 0 Å². The average Bonchev–Trinajstić information content (AvgIpc) is 3.75. The molecule has 0 spiro atoms. The molecule has 7 nitrogen and oxygen atoms in total. The third-order valence-electron chi connectivity index (χ3n) is 6.28. The fraction of sp³-hybridized carbons (Fsp3) is 0.333. The number of hydrogen-bond donors (Lipinski definition) is 3. The highest BCUT2D eigenvalue weighted by atomic mass is 19.1. The van der Waals surface area contributed by atoms with Crippen molar-refractivity contribution in [2.75, 3.05) is 6.61 Å². The normalized spacial score (nSPS) is 12.7. The summed E-state index contributed by atoms with van der Waals surface area (Å²) >= 11 is 0. The molecule has 1 fully saturated rings. The van der Waals surface area contributed by atoms with Crippen molar-refractivity contribution in [1.82, 2.24) is 4.90 Å². The molecule has 0 heterocycles. The third kappa shape index (κ3) is 7.40. The molecule has 38 heavy (non-hydrogen) atoms. The van der Waals surface area contributed by atoms with Crippen LogP contribution < -0.4 is 4.74 Å². The lowest BCUT2D eigenvalue weighted by atomic mass is 10.0. The molecule has 8 heteroatoms. The molecule has 1 aliphatic carbocycles. The van der Waals surface area contributed by atoms with Crippen LogP contribution in [0.15, 0.2) is 72.8 Å². The Balaban J connectivity index is 0.00000127. The van der Waals surface area contributed by atoms with E-state index in [1.807, 2.05) is 0 Å². The summed E-state index contributed by atoms with van der Waals surface area (Å²) in [6, 6.07) is 19.5. The first kappa shape index (κ1) is 28.8. The lowest BCUT2D eigenvalue weighted by molar-refractivity contribution is -0.259. The van der Waals surface area contributed by atoms with Crippen LogP contribution in [0.4, 0.5) is 4.39 Å². The molecule has 202 valence electrons. The Hall–Kier alpha value is -3.75. The van der Waals surface area contributed by atoms with Gasteiger partial charge in [0.05, 0.1) is 12.2 Å². The number of amides is 1. The van der Waals surface area contributed by atoms with E-state index in [-0.39, 0.29) is 23.9 Å². The van der Waals surface area contributed by atoms with Gasteiger partial charge in [-0.15, -0.1) is 0 Å². The van der Waals surface area contributed by atoms with Crippen molar-refractivity contribution in [3.05, 3.63) is 89.7 Å². The second kappa shape index (κ2) is 13.7. The van der Waals surface area contributed by atoms with E-state index < -0.39 is 11.8 Å². The van der Waals surface area contributed by atoms with Crippen LogP contribution in [0.3, 0.4) is 0 Å². The first-order valence-electron chi connectivity index (χ1n) is 12.8. The molecule has 0 saturated heterocycles.